The topological polar surface area (TPSA) is 93.1 Å². The average Bonchev–Trinajstić information content (AvgIpc) is 2.59. The molecule has 120 valence electrons. The molecule has 0 saturated heterocycles. The van der Waals surface area contributed by atoms with Crippen LogP contribution < -0.4 is 16.2 Å². The Morgan fingerprint density at radius 3 is 2.57 bits per heavy atom. The van der Waals surface area contributed by atoms with E-state index in [0.29, 0.717) is 25.1 Å². The molecule has 0 aliphatic rings. The first-order valence-corrected chi connectivity index (χ1v) is 7.29. The van der Waals surface area contributed by atoms with Crippen LogP contribution in [-0.2, 0) is 11.3 Å². The van der Waals surface area contributed by atoms with Gasteiger partial charge in [0.1, 0.15) is 0 Å². The fourth-order valence-corrected chi connectivity index (χ4v) is 1.93. The van der Waals surface area contributed by atoms with Crippen molar-refractivity contribution in [3.05, 3.63) is 64.6 Å². The van der Waals surface area contributed by atoms with E-state index in [1.165, 1.54) is 10.7 Å². The largest absolute Gasteiger partial charge is 0.355 e. The Bertz CT molecular complexity index is 713. The molecule has 2 aromatic rings. The van der Waals surface area contributed by atoms with Gasteiger partial charge in [0.15, 0.2) is 0 Å². The van der Waals surface area contributed by atoms with Gasteiger partial charge in [-0.15, -0.1) is 0 Å². The van der Waals surface area contributed by atoms with E-state index < -0.39 is 0 Å². The summed E-state index contributed by atoms with van der Waals surface area (Å²) in [5.74, 6) is -0.566. The van der Waals surface area contributed by atoms with Crippen LogP contribution in [0.1, 0.15) is 16.8 Å². The van der Waals surface area contributed by atoms with Crippen molar-refractivity contribution in [1.82, 2.24) is 20.4 Å². The van der Waals surface area contributed by atoms with Gasteiger partial charge in [0.2, 0.25) is 5.91 Å². The highest BCUT2D eigenvalue weighted by atomic mass is 16.2. The molecule has 7 heteroatoms. The molecule has 0 atom stereocenters. The fourth-order valence-electron chi connectivity index (χ4n) is 1.93. The Labute approximate surface area is 133 Å². The van der Waals surface area contributed by atoms with Gasteiger partial charge in [-0.3, -0.25) is 14.4 Å². The van der Waals surface area contributed by atoms with Crippen LogP contribution in [-0.4, -0.2) is 34.7 Å². The second kappa shape index (κ2) is 8.47. The third-order valence-electron chi connectivity index (χ3n) is 3.10. The van der Waals surface area contributed by atoms with E-state index in [9.17, 15) is 14.4 Å². The van der Waals surface area contributed by atoms with Crippen LogP contribution in [0.15, 0.2) is 53.5 Å². The number of nitrogens with one attached hydrogen (secondary N) is 2. The summed E-state index contributed by atoms with van der Waals surface area (Å²) in [6.07, 6.45) is 2.12. The van der Waals surface area contributed by atoms with Crippen molar-refractivity contribution in [2.45, 2.75) is 13.0 Å². The number of carbonyl (C=O) groups is 2. The Morgan fingerprint density at radius 2 is 1.83 bits per heavy atom. The number of hydrogen-bond donors (Lipinski definition) is 2. The lowest BCUT2D eigenvalue weighted by molar-refractivity contribution is -0.120. The van der Waals surface area contributed by atoms with Crippen LogP contribution >= 0.6 is 0 Å². The van der Waals surface area contributed by atoms with E-state index in [0.717, 1.165) is 0 Å². The van der Waals surface area contributed by atoms with Crippen molar-refractivity contribution in [2.75, 3.05) is 13.1 Å². The molecule has 0 radical (unpaired) electrons. The number of benzene rings is 1. The Kier molecular flexibility index (Phi) is 6.05. The van der Waals surface area contributed by atoms with Gasteiger partial charge in [-0.2, -0.15) is 5.10 Å². The number of rotatable bonds is 7. The SMILES string of the molecule is O=C(CNC(=O)c1ccccc1)NCCCn1ncccc1=O. The zero-order chi connectivity index (χ0) is 16.5. The molecular weight excluding hydrogens is 296 g/mol. The summed E-state index contributed by atoms with van der Waals surface area (Å²) >= 11 is 0. The number of aryl methyl sites for hydroxylation is 1. The maximum Gasteiger partial charge on any atom is 0.266 e. The van der Waals surface area contributed by atoms with Crippen molar-refractivity contribution < 1.29 is 9.59 Å². The minimum Gasteiger partial charge on any atom is -0.355 e. The van der Waals surface area contributed by atoms with Gasteiger partial charge in [0.05, 0.1) is 6.54 Å². The lowest BCUT2D eigenvalue weighted by Crippen LogP contribution is -2.37. The maximum absolute atomic E-state index is 11.8. The van der Waals surface area contributed by atoms with E-state index in [1.54, 1.807) is 36.5 Å². The molecule has 2 rings (SSSR count). The van der Waals surface area contributed by atoms with Gasteiger partial charge in [-0.25, -0.2) is 4.68 Å². The molecular formula is C16H18N4O3. The summed E-state index contributed by atoms with van der Waals surface area (Å²) in [7, 11) is 0. The first kappa shape index (κ1) is 16.4. The molecule has 0 aliphatic carbocycles. The number of nitrogens with zero attached hydrogens (tertiary/aromatic N) is 2. The summed E-state index contributed by atoms with van der Waals surface area (Å²) in [6, 6.07) is 11.7. The van der Waals surface area contributed by atoms with Crippen molar-refractivity contribution in [1.29, 1.82) is 0 Å². The molecule has 2 N–H and O–H groups in total. The van der Waals surface area contributed by atoms with Gasteiger partial charge < -0.3 is 10.6 Å². The molecule has 0 fully saturated rings. The zero-order valence-electron chi connectivity index (χ0n) is 12.6. The van der Waals surface area contributed by atoms with E-state index in [2.05, 4.69) is 15.7 Å². The number of aromatic nitrogens is 2. The van der Waals surface area contributed by atoms with Crippen LogP contribution in [0.5, 0.6) is 0 Å². The van der Waals surface area contributed by atoms with E-state index >= 15 is 0 Å². The standard InChI is InChI=1S/C16H18N4O3/c21-14(12-18-16(23)13-6-2-1-3-7-13)17-9-5-11-20-15(22)8-4-10-19-20/h1-4,6-8,10H,5,9,11-12H2,(H,17,21)(H,18,23). The molecule has 2 amide bonds. The quantitative estimate of drug-likeness (QED) is 0.713. The van der Waals surface area contributed by atoms with Crippen LogP contribution in [0.25, 0.3) is 0 Å². The maximum atomic E-state index is 11.8. The summed E-state index contributed by atoms with van der Waals surface area (Å²) in [5.41, 5.74) is 0.337. The van der Waals surface area contributed by atoms with Gasteiger partial charge in [0, 0.05) is 30.9 Å². The Hall–Kier alpha value is -2.96. The van der Waals surface area contributed by atoms with Crippen LogP contribution in [0, 0.1) is 0 Å². The monoisotopic (exact) mass is 314 g/mol. The molecule has 1 aromatic heterocycles. The summed E-state index contributed by atoms with van der Waals surface area (Å²) < 4.78 is 1.34. The summed E-state index contributed by atoms with van der Waals surface area (Å²) in [5, 5.41) is 9.15. The van der Waals surface area contributed by atoms with Crippen LogP contribution in [0.2, 0.25) is 0 Å². The second-order valence-electron chi connectivity index (χ2n) is 4.84. The number of amides is 2. The highest BCUT2D eigenvalue weighted by Gasteiger charge is 2.06. The van der Waals surface area contributed by atoms with Crippen LogP contribution in [0.4, 0.5) is 0 Å². The summed E-state index contributed by atoms with van der Waals surface area (Å²) in [4.78, 5) is 34.8. The van der Waals surface area contributed by atoms with Gasteiger partial charge in [0.25, 0.3) is 11.5 Å². The van der Waals surface area contributed by atoms with Gasteiger partial charge >= 0.3 is 0 Å². The minimum atomic E-state index is -0.291. The van der Waals surface area contributed by atoms with Crippen LogP contribution in [0.3, 0.4) is 0 Å². The molecule has 7 nitrogen and oxygen atoms in total. The first-order valence-electron chi connectivity index (χ1n) is 7.29. The molecule has 0 bridgehead atoms. The van der Waals surface area contributed by atoms with Crippen molar-refractivity contribution in [3.63, 3.8) is 0 Å². The first-order chi connectivity index (χ1) is 11.2. The van der Waals surface area contributed by atoms with Crippen molar-refractivity contribution in [3.8, 4) is 0 Å². The average molecular weight is 314 g/mol. The Balaban J connectivity index is 1.65. The molecule has 1 heterocycles. The molecule has 23 heavy (non-hydrogen) atoms. The fraction of sp³-hybridized carbons (Fsp3) is 0.250. The van der Waals surface area contributed by atoms with E-state index in [4.69, 9.17) is 0 Å². The number of carbonyl (C=O) groups excluding carboxylic acids is 2. The lowest BCUT2D eigenvalue weighted by atomic mass is 10.2. The zero-order valence-corrected chi connectivity index (χ0v) is 12.6. The highest BCUT2D eigenvalue weighted by Crippen LogP contribution is 1.97. The second-order valence-corrected chi connectivity index (χ2v) is 4.84. The minimum absolute atomic E-state index is 0.0860. The highest BCUT2D eigenvalue weighted by molar-refractivity contribution is 5.96. The Morgan fingerprint density at radius 1 is 1.04 bits per heavy atom. The van der Waals surface area contributed by atoms with Gasteiger partial charge in [-0.05, 0) is 24.6 Å². The normalized spacial score (nSPS) is 10.1. The van der Waals surface area contributed by atoms with E-state index in [-0.39, 0.29) is 23.9 Å². The molecule has 0 spiro atoms. The predicted octanol–water partition coefficient (Wildman–Crippen LogP) is 0.180. The van der Waals surface area contributed by atoms with Gasteiger partial charge in [-0.1, -0.05) is 18.2 Å². The third kappa shape index (κ3) is 5.39. The molecule has 1 aromatic carbocycles. The molecule has 0 unspecified atom stereocenters. The van der Waals surface area contributed by atoms with Crippen molar-refractivity contribution in [2.24, 2.45) is 0 Å². The smallest absolute Gasteiger partial charge is 0.266 e. The summed E-state index contributed by atoms with van der Waals surface area (Å²) in [6.45, 7) is 0.747. The molecule has 0 aliphatic heterocycles. The lowest BCUT2D eigenvalue weighted by Gasteiger charge is -2.07. The predicted molar refractivity (Wildman–Crippen MR) is 84.9 cm³/mol. The van der Waals surface area contributed by atoms with Crippen molar-refractivity contribution >= 4 is 11.8 Å². The number of hydrogen-bond acceptors (Lipinski definition) is 4. The van der Waals surface area contributed by atoms with E-state index in [1.807, 2.05) is 6.07 Å². The molecule has 0 saturated carbocycles. The third-order valence-corrected chi connectivity index (χ3v) is 3.10.